The van der Waals surface area contributed by atoms with Crippen molar-refractivity contribution in [2.45, 2.75) is 36.4 Å². The molecule has 4 heterocycles. The van der Waals surface area contributed by atoms with E-state index in [1.807, 2.05) is 40.6 Å². The Bertz CT molecular complexity index is 1150. The zero-order chi connectivity index (χ0) is 23.0. The number of thioether (sulfide) groups is 2. The van der Waals surface area contributed by atoms with Crippen LogP contribution in [0.4, 0.5) is 0 Å². The summed E-state index contributed by atoms with van der Waals surface area (Å²) in [6, 6.07) is 21.3. The molecule has 0 unspecified atom stereocenters. The fraction of sp³-hybridized carbons (Fsp3) is 0.393. The molecule has 1 amide bonds. The average Bonchev–Trinajstić information content (AvgIpc) is 3.65. The number of furan rings is 1. The van der Waals surface area contributed by atoms with E-state index in [2.05, 4.69) is 53.4 Å². The van der Waals surface area contributed by atoms with Gasteiger partial charge in [-0.15, -0.1) is 23.5 Å². The van der Waals surface area contributed by atoms with Crippen LogP contribution in [0.1, 0.15) is 51.4 Å². The van der Waals surface area contributed by atoms with Gasteiger partial charge < -0.3 is 9.32 Å². The summed E-state index contributed by atoms with van der Waals surface area (Å²) in [6.07, 6.45) is 3.43. The van der Waals surface area contributed by atoms with Gasteiger partial charge in [-0.3, -0.25) is 9.69 Å². The summed E-state index contributed by atoms with van der Waals surface area (Å²) >= 11 is 3.99. The van der Waals surface area contributed by atoms with Crippen molar-refractivity contribution >= 4 is 29.4 Å². The van der Waals surface area contributed by atoms with Gasteiger partial charge in [-0.05, 0) is 67.2 Å². The summed E-state index contributed by atoms with van der Waals surface area (Å²) in [6.45, 7) is 4.52. The minimum atomic E-state index is -0.0806. The van der Waals surface area contributed by atoms with Crippen LogP contribution >= 0.6 is 23.5 Å². The van der Waals surface area contributed by atoms with Gasteiger partial charge in [-0.2, -0.15) is 0 Å². The second kappa shape index (κ2) is 9.48. The first-order chi connectivity index (χ1) is 16.7. The van der Waals surface area contributed by atoms with Crippen LogP contribution in [0.2, 0.25) is 0 Å². The minimum absolute atomic E-state index is 0.0806. The van der Waals surface area contributed by atoms with E-state index >= 15 is 0 Å². The highest BCUT2D eigenvalue weighted by Gasteiger charge is 2.39. The number of benzene rings is 2. The van der Waals surface area contributed by atoms with E-state index in [0.717, 1.165) is 61.2 Å². The maximum Gasteiger partial charge on any atom is 0.254 e. The minimum Gasteiger partial charge on any atom is -0.463 e. The quantitative estimate of drug-likeness (QED) is 0.455. The van der Waals surface area contributed by atoms with Gasteiger partial charge in [0, 0.05) is 23.6 Å². The van der Waals surface area contributed by atoms with Gasteiger partial charge in [-0.25, -0.2) is 0 Å². The molecule has 0 spiro atoms. The molecule has 0 radical (unpaired) electrons. The first-order valence-electron chi connectivity index (χ1n) is 12.3. The van der Waals surface area contributed by atoms with Crippen LogP contribution in [0.15, 0.2) is 65.1 Å². The highest BCUT2D eigenvalue weighted by Crippen LogP contribution is 2.56. The van der Waals surface area contributed by atoms with E-state index in [0.29, 0.717) is 6.54 Å². The third-order valence-electron chi connectivity index (χ3n) is 7.16. The van der Waals surface area contributed by atoms with E-state index in [4.69, 9.17) is 4.42 Å². The Labute approximate surface area is 210 Å². The number of hydrogen-bond acceptors (Lipinski definition) is 5. The van der Waals surface area contributed by atoms with Crippen molar-refractivity contribution in [3.8, 4) is 0 Å². The van der Waals surface area contributed by atoms with Crippen LogP contribution in [0.25, 0.3) is 0 Å². The normalized spacial score (nSPS) is 19.9. The predicted octanol–water partition coefficient (Wildman–Crippen LogP) is 5.76. The molecule has 0 saturated carbocycles. The lowest BCUT2D eigenvalue weighted by Crippen LogP contribution is -2.35. The van der Waals surface area contributed by atoms with E-state index in [9.17, 15) is 4.79 Å². The summed E-state index contributed by atoms with van der Waals surface area (Å²) in [5.41, 5.74) is 4.62. The number of likely N-dealkylation sites (tertiary alicyclic amines) is 1. The number of nitrogens with zero attached hydrogens (tertiary/aromatic N) is 2. The van der Waals surface area contributed by atoms with Gasteiger partial charge in [0.05, 0.1) is 13.1 Å². The summed E-state index contributed by atoms with van der Waals surface area (Å²) in [5, 5.41) is 0. The van der Waals surface area contributed by atoms with E-state index in [-0.39, 0.29) is 9.99 Å². The molecule has 6 heteroatoms. The van der Waals surface area contributed by atoms with Crippen LogP contribution in [-0.4, -0.2) is 46.8 Å². The Morgan fingerprint density at radius 3 is 2.35 bits per heavy atom. The fourth-order valence-electron chi connectivity index (χ4n) is 5.38. The summed E-state index contributed by atoms with van der Waals surface area (Å²) in [7, 11) is 0. The number of amides is 1. The first-order valence-corrected chi connectivity index (χ1v) is 14.2. The van der Waals surface area contributed by atoms with Crippen LogP contribution in [-0.2, 0) is 23.6 Å². The summed E-state index contributed by atoms with van der Waals surface area (Å²) < 4.78 is 6.11. The van der Waals surface area contributed by atoms with Crippen molar-refractivity contribution in [2.24, 2.45) is 0 Å². The highest BCUT2D eigenvalue weighted by atomic mass is 32.2. The molecule has 34 heavy (non-hydrogen) atoms. The first kappa shape index (κ1) is 22.3. The zero-order valence-corrected chi connectivity index (χ0v) is 21.0. The van der Waals surface area contributed by atoms with E-state index < -0.39 is 0 Å². The van der Waals surface area contributed by atoms with Crippen molar-refractivity contribution in [3.05, 3.63) is 94.4 Å². The monoisotopic (exact) mass is 490 g/mol. The molecule has 0 bridgehead atoms. The SMILES string of the molecule is O=C(c1ccc(C2(c3ccccc3)SCCS2)cc1)N1CCc2cc(CN3CCCC3)oc2C1. The molecule has 6 rings (SSSR count). The van der Waals surface area contributed by atoms with Crippen molar-refractivity contribution in [1.82, 2.24) is 9.80 Å². The molecule has 0 atom stereocenters. The molecule has 4 nitrogen and oxygen atoms in total. The molecule has 2 saturated heterocycles. The van der Waals surface area contributed by atoms with Gasteiger partial charge in [0.15, 0.2) is 0 Å². The van der Waals surface area contributed by atoms with Gasteiger partial charge in [0.2, 0.25) is 0 Å². The van der Waals surface area contributed by atoms with Gasteiger partial charge in [0.1, 0.15) is 15.6 Å². The molecule has 3 aliphatic rings. The van der Waals surface area contributed by atoms with Gasteiger partial charge in [-0.1, -0.05) is 42.5 Å². The Kier molecular flexibility index (Phi) is 6.22. The Hall–Kier alpha value is -2.15. The Morgan fingerprint density at radius 2 is 1.62 bits per heavy atom. The lowest BCUT2D eigenvalue weighted by molar-refractivity contribution is 0.0718. The number of carbonyl (C=O) groups is 1. The van der Waals surface area contributed by atoms with Crippen molar-refractivity contribution in [3.63, 3.8) is 0 Å². The van der Waals surface area contributed by atoms with Crippen LogP contribution in [0.3, 0.4) is 0 Å². The lowest BCUT2D eigenvalue weighted by atomic mass is 10.0. The maximum atomic E-state index is 13.3. The van der Waals surface area contributed by atoms with Crippen LogP contribution in [0, 0.1) is 0 Å². The summed E-state index contributed by atoms with van der Waals surface area (Å²) in [4.78, 5) is 17.7. The summed E-state index contributed by atoms with van der Waals surface area (Å²) in [5.74, 6) is 4.38. The van der Waals surface area contributed by atoms with Crippen LogP contribution < -0.4 is 0 Å². The van der Waals surface area contributed by atoms with Gasteiger partial charge >= 0.3 is 0 Å². The molecular weight excluding hydrogens is 460 g/mol. The topological polar surface area (TPSA) is 36.7 Å². The lowest BCUT2D eigenvalue weighted by Gasteiger charge is -2.29. The molecule has 0 N–H and O–H groups in total. The number of fused-ring (bicyclic) bond motifs is 1. The molecule has 0 aliphatic carbocycles. The molecule has 1 aromatic heterocycles. The molecule has 2 aromatic carbocycles. The molecular formula is C28H30N2O2S2. The third kappa shape index (κ3) is 4.21. The fourth-order valence-corrected chi connectivity index (χ4v) is 8.66. The number of rotatable bonds is 5. The van der Waals surface area contributed by atoms with E-state index in [1.54, 1.807) is 0 Å². The molecule has 176 valence electrons. The molecule has 2 fully saturated rings. The predicted molar refractivity (Wildman–Crippen MR) is 140 cm³/mol. The Balaban J connectivity index is 1.17. The molecule has 3 aromatic rings. The Morgan fingerprint density at radius 1 is 0.912 bits per heavy atom. The second-order valence-electron chi connectivity index (χ2n) is 9.38. The molecule has 3 aliphatic heterocycles. The van der Waals surface area contributed by atoms with Crippen molar-refractivity contribution in [1.29, 1.82) is 0 Å². The number of hydrogen-bond donors (Lipinski definition) is 0. The maximum absolute atomic E-state index is 13.3. The second-order valence-corrected chi connectivity index (χ2v) is 12.3. The smallest absolute Gasteiger partial charge is 0.254 e. The van der Waals surface area contributed by atoms with Crippen LogP contribution in [0.5, 0.6) is 0 Å². The zero-order valence-electron chi connectivity index (χ0n) is 19.4. The number of carbonyl (C=O) groups excluding carboxylic acids is 1. The van der Waals surface area contributed by atoms with Crippen molar-refractivity contribution in [2.75, 3.05) is 31.1 Å². The van der Waals surface area contributed by atoms with Crippen molar-refractivity contribution < 1.29 is 9.21 Å². The largest absolute Gasteiger partial charge is 0.463 e. The van der Waals surface area contributed by atoms with Gasteiger partial charge in [0.25, 0.3) is 5.91 Å². The standard InChI is InChI=1S/C28H30N2O2S2/c31-27(30-15-12-22-18-25(32-26(22)20-30)19-29-13-4-5-14-29)21-8-10-24(11-9-21)28(33-16-17-34-28)23-6-2-1-3-7-23/h1-3,6-11,18H,4-5,12-17,19-20H2. The average molecular weight is 491 g/mol. The third-order valence-corrected chi connectivity index (χ3v) is 10.7. The highest BCUT2D eigenvalue weighted by molar-refractivity contribution is 8.20. The van der Waals surface area contributed by atoms with E-state index in [1.165, 1.54) is 29.5 Å².